The summed E-state index contributed by atoms with van der Waals surface area (Å²) in [5.41, 5.74) is 2.63. The third kappa shape index (κ3) is 5.42. The van der Waals surface area contributed by atoms with Crippen LogP contribution >= 0.6 is 23.2 Å². The number of methoxy groups -OCH3 is 1. The van der Waals surface area contributed by atoms with Gasteiger partial charge in [-0.05, 0) is 30.2 Å². The summed E-state index contributed by atoms with van der Waals surface area (Å²) < 4.78 is 31.2. The number of nitrogens with one attached hydrogen (secondary N) is 1. The first-order valence-electron chi connectivity index (χ1n) is 9.92. The summed E-state index contributed by atoms with van der Waals surface area (Å²) in [7, 11) is 1.52. The first-order valence-corrected chi connectivity index (χ1v) is 10.7. The van der Waals surface area contributed by atoms with E-state index in [0.29, 0.717) is 65.1 Å². The summed E-state index contributed by atoms with van der Waals surface area (Å²) in [6, 6.07) is 9.05. The van der Waals surface area contributed by atoms with Crippen molar-refractivity contribution in [2.75, 3.05) is 20.3 Å². The topological polar surface area (TPSA) is 65.5 Å². The van der Waals surface area contributed by atoms with Crippen molar-refractivity contribution in [2.45, 2.75) is 31.7 Å². The molecule has 164 valence electrons. The molecule has 0 aliphatic carbocycles. The minimum atomic E-state index is -0.406. The van der Waals surface area contributed by atoms with Crippen LogP contribution in [0.4, 0.5) is 4.39 Å². The Hall–Kier alpha value is -2.03. The summed E-state index contributed by atoms with van der Waals surface area (Å²) in [6.45, 7) is 1.62. The number of hydrogen-bond acceptors (Lipinski definition) is 6. The van der Waals surface area contributed by atoms with Gasteiger partial charge in [-0.1, -0.05) is 29.3 Å². The van der Waals surface area contributed by atoms with Crippen LogP contribution in [0.3, 0.4) is 0 Å². The van der Waals surface area contributed by atoms with E-state index < -0.39 is 12.1 Å². The average Bonchev–Trinajstić information content (AvgIpc) is 2.79. The molecule has 1 aliphatic rings. The zero-order valence-electron chi connectivity index (χ0n) is 16.9. The zero-order chi connectivity index (χ0) is 21.8. The molecule has 6 nitrogen and oxygen atoms in total. The summed E-state index contributed by atoms with van der Waals surface area (Å²) in [5, 5.41) is 4.44. The Morgan fingerprint density at radius 1 is 1.16 bits per heavy atom. The SMILES string of the molecule is COc1ccc2ncc(F)c(CC[C@H]3OC[C@H](NCc4ccc(Cl)c(Cl)c4)CO3)c2n1. The van der Waals surface area contributed by atoms with E-state index in [1.54, 1.807) is 18.2 Å². The maximum Gasteiger partial charge on any atom is 0.213 e. The third-order valence-electron chi connectivity index (χ3n) is 5.12. The molecule has 9 heteroatoms. The Labute approximate surface area is 189 Å². The van der Waals surface area contributed by atoms with Gasteiger partial charge in [0, 0.05) is 24.6 Å². The number of halogens is 3. The fourth-order valence-corrected chi connectivity index (χ4v) is 3.75. The van der Waals surface area contributed by atoms with E-state index in [-0.39, 0.29) is 6.04 Å². The summed E-state index contributed by atoms with van der Waals surface area (Å²) in [6.07, 6.45) is 1.74. The predicted octanol–water partition coefficient (Wildman–Crippen LogP) is 4.55. The van der Waals surface area contributed by atoms with Crippen LogP contribution in [0.1, 0.15) is 17.5 Å². The van der Waals surface area contributed by atoms with E-state index >= 15 is 0 Å². The van der Waals surface area contributed by atoms with Gasteiger partial charge >= 0.3 is 0 Å². The average molecular weight is 466 g/mol. The zero-order valence-corrected chi connectivity index (χ0v) is 18.4. The Kier molecular flexibility index (Phi) is 7.20. The van der Waals surface area contributed by atoms with Crippen LogP contribution in [-0.4, -0.2) is 42.6 Å². The molecule has 0 unspecified atom stereocenters. The highest BCUT2D eigenvalue weighted by Crippen LogP contribution is 2.24. The summed E-state index contributed by atoms with van der Waals surface area (Å²) in [4.78, 5) is 8.46. The second-order valence-corrected chi connectivity index (χ2v) is 8.08. The van der Waals surface area contributed by atoms with Crippen molar-refractivity contribution < 1.29 is 18.6 Å². The van der Waals surface area contributed by atoms with Crippen molar-refractivity contribution in [3.8, 4) is 5.88 Å². The minimum absolute atomic E-state index is 0.0510. The molecule has 4 rings (SSSR count). The quantitative estimate of drug-likeness (QED) is 0.552. The van der Waals surface area contributed by atoms with Gasteiger partial charge in [0.2, 0.25) is 5.88 Å². The van der Waals surface area contributed by atoms with Gasteiger partial charge in [-0.25, -0.2) is 9.37 Å². The molecule has 1 saturated heterocycles. The monoisotopic (exact) mass is 465 g/mol. The molecule has 31 heavy (non-hydrogen) atoms. The van der Waals surface area contributed by atoms with E-state index in [2.05, 4.69) is 15.3 Å². The lowest BCUT2D eigenvalue weighted by Crippen LogP contribution is -2.44. The molecular formula is C22H22Cl2FN3O3. The van der Waals surface area contributed by atoms with E-state index in [9.17, 15) is 4.39 Å². The van der Waals surface area contributed by atoms with Gasteiger partial charge < -0.3 is 19.5 Å². The molecule has 1 N–H and O–H groups in total. The molecule has 1 aliphatic heterocycles. The molecule has 0 amide bonds. The molecule has 0 bridgehead atoms. The lowest BCUT2D eigenvalue weighted by Gasteiger charge is -2.30. The van der Waals surface area contributed by atoms with Gasteiger partial charge in [-0.2, -0.15) is 0 Å². The Morgan fingerprint density at radius 3 is 2.71 bits per heavy atom. The number of hydrogen-bond donors (Lipinski definition) is 1. The highest BCUT2D eigenvalue weighted by atomic mass is 35.5. The van der Waals surface area contributed by atoms with Crippen LogP contribution in [0.25, 0.3) is 11.0 Å². The molecule has 1 aromatic carbocycles. The molecular weight excluding hydrogens is 444 g/mol. The lowest BCUT2D eigenvalue weighted by molar-refractivity contribution is -0.192. The number of aromatic nitrogens is 2. The number of aryl methyl sites for hydroxylation is 1. The van der Waals surface area contributed by atoms with Crippen molar-refractivity contribution in [1.29, 1.82) is 0 Å². The van der Waals surface area contributed by atoms with Gasteiger partial charge in [0.1, 0.15) is 5.82 Å². The normalized spacial score (nSPS) is 19.0. The molecule has 1 fully saturated rings. The van der Waals surface area contributed by atoms with Crippen molar-refractivity contribution in [3.05, 3.63) is 63.5 Å². The highest BCUT2D eigenvalue weighted by molar-refractivity contribution is 6.42. The maximum absolute atomic E-state index is 14.4. The van der Waals surface area contributed by atoms with Gasteiger partial charge in [-0.15, -0.1) is 0 Å². The smallest absolute Gasteiger partial charge is 0.213 e. The van der Waals surface area contributed by atoms with Crippen molar-refractivity contribution in [2.24, 2.45) is 0 Å². The Morgan fingerprint density at radius 2 is 1.97 bits per heavy atom. The number of rotatable bonds is 7. The molecule has 0 atom stereocenters. The van der Waals surface area contributed by atoms with E-state index in [4.69, 9.17) is 37.4 Å². The van der Waals surface area contributed by atoms with Gasteiger partial charge in [0.25, 0.3) is 0 Å². The van der Waals surface area contributed by atoms with E-state index in [1.807, 2.05) is 12.1 Å². The Balaban J connectivity index is 1.30. The molecule has 0 spiro atoms. The molecule has 0 radical (unpaired) electrons. The predicted molar refractivity (Wildman–Crippen MR) is 117 cm³/mol. The fourth-order valence-electron chi connectivity index (χ4n) is 3.43. The first kappa shape index (κ1) is 22.2. The standard InChI is InChI=1S/C22H22Cl2FN3O3/c1-29-20-6-5-19-22(28-20)15(18(25)10-27-19)3-7-21-30-11-14(12-31-21)26-9-13-2-4-16(23)17(24)8-13/h2,4-6,8,10,14,21,26H,3,7,9,11-12H2,1H3/t14-,21-. The first-order chi connectivity index (χ1) is 15.0. The second kappa shape index (κ2) is 10.1. The molecule has 3 heterocycles. The molecule has 3 aromatic rings. The van der Waals surface area contributed by atoms with Gasteiger partial charge in [0.05, 0.1) is 53.6 Å². The van der Waals surface area contributed by atoms with Crippen LogP contribution in [0, 0.1) is 5.82 Å². The molecule has 0 saturated carbocycles. The third-order valence-corrected chi connectivity index (χ3v) is 5.86. The highest BCUT2D eigenvalue weighted by Gasteiger charge is 2.23. The van der Waals surface area contributed by atoms with Gasteiger partial charge in [-0.3, -0.25) is 4.98 Å². The van der Waals surface area contributed by atoms with Crippen LogP contribution in [0.5, 0.6) is 5.88 Å². The largest absolute Gasteiger partial charge is 0.481 e. The summed E-state index contributed by atoms with van der Waals surface area (Å²) in [5.74, 6) is 0.0208. The number of nitrogens with zero attached hydrogens (tertiary/aromatic N) is 2. The van der Waals surface area contributed by atoms with E-state index in [0.717, 1.165) is 5.56 Å². The number of benzene rings is 1. The van der Waals surface area contributed by atoms with Crippen LogP contribution in [0.15, 0.2) is 36.5 Å². The molecule has 2 aromatic heterocycles. The van der Waals surface area contributed by atoms with Gasteiger partial charge in [0.15, 0.2) is 6.29 Å². The number of pyridine rings is 2. The van der Waals surface area contributed by atoms with Crippen molar-refractivity contribution in [1.82, 2.24) is 15.3 Å². The lowest BCUT2D eigenvalue weighted by atomic mass is 10.1. The maximum atomic E-state index is 14.4. The fraction of sp³-hybridized carbons (Fsp3) is 0.364. The van der Waals surface area contributed by atoms with Crippen LogP contribution < -0.4 is 10.1 Å². The number of ether oxygens (including phenoxy) is 3. The minimum Gasteiger partial charge on any atom is -0.481 e. The van der Waals surface area contributed by atoms with E-state index in [1.165, 1.54) is 13.3 Å². The van der Waals surface area contributed by atoms with Crippen LogP contribution in [0.2, 0.25) is 10.0 Å². The van der Waals surface area contributed by atoms with Crippen molar-refractivity contribution in [3.63, 3.8) is 0 Å². The number of fused-ring (bicyclic) bond motifs is 1. The summed E-state index contributed by atoms with van der Waals surface area (Å²) >= 11 is 12.0. The second-order valence-electron chi connectivity index (χ2n) is 7.27. The van der Waals surface area contributed by atoms with Crippen LogP contribution in [-0.2, 0) is 22.4 Å². The van der Waals surface area contributed by atoms with Crippen molar-refractivity contribution >= 4 is 34.2 Å². The Bertz CT molecular complexity index is 1060.